The van der Waals surface area contributed by atoms with E-state index in [2.05, 4.69) is 35.1 Å². The minimum Gasteiger partial charge on any atom is -0.263 e. The molecule has 0 unspecified atom stereocenters. The molecule has 11 heteroatoms. The first kappa shape index (κ1) is 26.7. The molecule has 0 saturated heterocycles. The van der Waals surface area contributed by atoms with Gasteiger partial charge in [-0.1, -0.05) is 23.2 Å². The SMILES string of the molecule is Cc1ccnc(Cl)c1.Cc1ccnc(Cl)n1.Cc1ccncc1Cl.Cc1nc(Cl)n[nH]1. The van der Waals surface area contributed by atoms with Crippen LogP contribution in [-0.4, -0.2) is 35.1 Å². The average molecular weight is 501 g/mol. The predicted octanol–water partition coefficient (Wildman–Crippen LogP) is 6.29. The van der Waals surface area contributed by atoms with Gasteiger partial charge in [0.15, 0.2) is 0 Å². The van der Waals surface area contributed by atoms with Gasteiger partial charge in [-0.2, -0.15) is 0 Å². The Morgan fingerprint density at radius 2 is 1.48 bits per heavy atom. The van der Waals surface area contributed by atoms with Crippen molar-refractivity contribution in [2.75, 3.05) is 0 Å². The third kappa shape index (κ3) is 12.9. The lowest BCUT2D eigenvalue weighted by atomic mass is 10.3. The van der Waals surface area contributed by atoms with Gasteiger partial charge in [0, 0.05) is 30.5 Å². The summed E-state index contributed by atoms with van der Waals surface area (Å²) in [4.78, 5) is 18.9. The molecule has 0 saturated carbocycles. The highest BCUT2D eigenvalue weighted by molar-refractivity contribution is 6.31. The molecule has 0 fully saturated rings. The molecular weight excluding hydrogens is 480 g/mol. The summed E-state index contributed by atoms with van der Waals surface area (Å²) in [7, 11) is 0. The molecule has 4 aromatic heterocycles. The summed E-state index contributed by atoms with van der Waals surface area (Å²) in [6.07, 6.45) is 6.68. The maximum absolute atomic E-state index is 5.65. The highest BCUT2D eigenvalue weighted by atomic mass is 35.5. The predicted molar refractivity (Wildman–Crippen MR) is 126 cm³/mol. The Hall–Kier alpha value is -2.32. The number of nitrogens with one attached hydrogen (secondary N) is 1. The van der Waals surface area contributed by atoms with Crippen LogP contribution < -0.4 is 0 Å². The fourth-order valence-electron chi connectivity index (χ4n) is 1.68. The number of rotatable bonds is 0. The first-order valence-corrected chi connectivity index (χ1v) is 10.3. The second kappa shape index (κ2) is 14.6. The van der Waals surface area contributed by atoms with Crippen LogP contribution in [0.1, 0.15) is 22.6 Å². The zero-order valence-corrected chi connectivity index (χ0v) is 20.3. The summed E-state index contributed by atoms with van der Waals surface area (Å²) >= 11 is 21.9. The van der Waals surface area contributed by atoms with Crippen LogP contribution in [0.3, 0.4) is 0 Å². The number of aromatic nitrogens is 7. The van der Waals surface area contributed by atoms with Crippen molar-refractivity contribution in [1.82, 2.24) is 35.1 Å². The van der Waals surface area contributed by atoms with Crippen molar-refractivity contribution in [1.29, 1.82) is 0 Å². The Labute approximate surface area is 201 Å². The van der Waals surface area contributed by atoms with Crippen molar-refractivity contribution < 1.29 is 0 Å². The van der Waals surface area contributed by atoms with Crippen LogP contribution in [0.15, 0.2) is 49.1 Å². The number of pyridine rings is 2. The van der Waals surface area contributed by atoms with Gasteiger partial charge in [-0.15, -0.1) is 5.10 Å². The van der Waals surface area contributed by atoms with E-state index in [0.717, 1.165) is 27.7 Å². The molecule has 0 aliphatic carbocycles. The summed E-state index contributed by atoms with van der Waals surface area (Å²) in [6.45, 7) is 7.59. The summed E-state index contributed by atoms with van der Waals surface area (Å²) in [5, 5.41) is 8.00. The van der Waals surface area contributed by atoms with E-state index >= 15 is 0 Å². The summed E-state index contributed by atoms with van der Waals surface area (Å²) in [6, 6.07) is 7.40. The Morgan fingerprint density at radius 3 is 1.81 bits per heavy atom. The Bertz CT molecular complexity index is 941. The van der Waals surface area contributed by atoms with Gasteiger partial charge in [0.2, 0.25) is 10.6 Å². The lowest BCUT2D eigenvalue weighted by molar-refractivity contribution is 1.04. The number of aromatic amines is 1. The van der Waals surface area contributed by atoms with Gasteiger partial charge in [-0.25, -0.2) is 19.9 Å². The van der Waals surface area contributed by atoms with Gasteiger partial charge in [-0.05, 0) is 86.3 Å². The zero-order chi connectivity index (χ0) is 23.2. The fraction of sp³-hybridized carbons (Fsp3) is 0.200. The number of H-pyrrole nitrogens is 1. The molecule has 4 rings (SSSR count). The highest BCUT2D eigenvalue weighted by Gasteiger charge is 1.89. The van der Waals surface area contributed by atoms with Crippen molar-refractivity contribution in [2.24, 2.45) is 0 Å². The third-order valence-corrected chi connectivity index (χ3v) is 4.15. The van der Waals surface area contributed by atoms with Crippen molar-refractivity contribution >= 4 is 46.4 Å². The quantitative estimate of drug-likeness (QED) is 0.225. The highest BCUT2D eigenvalue weighted by Crippen LogP contribution is 2.10. The second-order valence-electron chi connectivity index (χ2n) is 5.94. The third-order valence-electron chi connectivity index (χ3n) is 3.19. The lowest BCUT2D eigenvalue weighted by Crippen LogP contribution is -1.82. The van der Waals surface area contributed by atoms with Gasteiger partial charge in [0.05, 0.1) is 5.02 Å². The zero-order valence-electron chi connectivity index (χ0n) is 17.3. The van der Waals surface area contributed by atoms with E-state index in [4.69, 9.17) is 46.4 Å². The molecule has 31 heavy (non-hydrogen) atoms. The summed E-state index contributed by atoms with van der Waals surface area (Å²) in [5.41, 5.74) is 3.11. The molecule has 0 aliphatic heterocycles. The van der Waals surface area contributed by atoms with E-state index in [1.54, 1.807) is 37.8 Å². The molecule has 0 atom stereocenters. The molecular formula is C20H21Cl4N7. The molecule has 0 spiro atoms. The topological polar surface area (TPSA) is 93.1 Å². The minimum atomic E-state index is 0.275. The van der Waals surface area contributed by atoms with Crippen molar-refractivity contribution in [3.05, 3.63) is 92.4 Å². The maximum Gasteiger partial charge on any atom is 0.242 e. The van der Waals surface area contributed by atoms with Crippen LogP contribution >= 0.6 is 46.4 Å². The molecule has 7 nitrogen and oxygen atoms in total. The van der Waals surface area contributed by atoms with E-state index in [9.17, 15) is 0 Å². The fourth-order valence-corrected chi connectivity index (χ4v) is 2.38. The number of halogens is 4. The van der Waals surface area contributed by atoms with Crippen molar-refractivity contribution in [3.8, 4) is 0 Å². The number of hydrogen-bond acceptors (Lipinski definition) is 6. The molecule has 164 valence electrons. The second-order valence-corrected chi connectivity index (χ2v) is 7.41. The number of hydrogen-bond donors (Lipinski definition) is 1. The van der Waals surface area contributed by atoms with Crippen LogP contribution in [-0.2, 0) is 0 Å². The number of aryl methyl sites for hydroxylation is 4. The van der Waals surface area contributed by atoms with Crippen LogP contribution in [0.25, 0.3) is 0 Å². The summed E-state index contributed by atoms with van der Waals surface area (Å²) in [5.74, 6) is 0.741. The summed E-state index contributed by atoms with van der Waals surface area (Å²) < 4.78 is 0. The molecule has 0 radical (unpaired) electrons. The Morgan fingerprint density at radius 1 is 0.774 bits per heavy atom. The van der Waals surface area contributed by atoms with E-state index in [0.29, 0.717) is 10.4 Å². The molecule has 0 bridgehead atoms. The van der Waals surface area contributed by atoms with E-state index < -0.39 is 0 Å². The minimum absolute atomic E-state index is 0.275. The average Bonchev–Trinajstić information content (AvgIpc) is 3.08. The van der Waals surface area contributed by atoms with Crippen LogP contribution in [0.2, 0.25) is 20.7 Å². The molecule has 0 aliphatic rings. The standard InChI is InChI=1S/2C6H6ClN.C5H5ClN2.C3H4ClN3/c1-5-2-3-8-4-6(5)7;1-5-2-3-8-6(7)4-5;1-4-2-3-7-5(6)8-4;1-2-5-3(4)7-6-2/h2*2-4H,1H3;2-3H,1H3;1H3,(H,5,6,7). The van der Waals surface area contributed by atoms with E-state index in [1.165, 1.54) is 0 Å². The normalized spacial score (nSPS) is 9.29. The Kier molecular flexibility index (Phi) is 12.6. The largest absolute Gasteiger partial charge is 0.263 e. The number of nitrogens with zero attached hydrogens (tertiary/aromatic N) is 6. The van der Waals surface area contributed by atoms with Crippen LogP contribution in [0.5, 0.6) is 0 Å². The lowest BCUT2D eigenvalue weighted by Gasteiger charge is -1.90. The maximum atomic E-state index is 5.65. The first-order chi connectivity index (χ1) is 14.7. The van der Waals surface area contributed by atoms with Gasteiger partial charge in [0.25, 0.3) is 0 Å². The van der Waals surface area contributed by atoms with Gasteiger partial charge in [0.1, 0.15) is 11.0 Å². The molecule has 4 heterocycles. The van der Waals surface area contributed by atoms with Crippen LogP contribution in [0, 0.1) is 27.7 Å². The van der Waals surface area contributed by atoms with E-state index in [1.807, 2.05) is 39.0 Å². The Balaban J connectivity index is 0.000000207. The van der Waals surface area contributed by atoms with Crippen LogP contribution in [0.4, 0.5) is 0 Å². The van der Waals surface area contributed by atoms with Gasteiger partial charge >= 0.3 is 0 Å². The molecule has 0 aromatic carbocycles. The molecule has 1 N–H and O–H groups in total. The van der Waals surface area contributed by atoms with Crippen molar-refractivity contribution in [3.63, 3.8) is 0 Å². The molecule has 0 amide bonds. The van der Waals surface area contributed by atoms with E-state index in [-0.39, 0.29) is 5.28 Å². The smallest absolute Gasteiger partial charge is 0.242 e. The van der Waals surface area contributed by atoms with Crippen molar-refractivity contribution in [2.45, 2.75) is 27.7 Å². The monoisotopic (exact) mass is 499 g/mol. The van der Waals surface area contributed by atoms with Gasteiger partial charge in [-0.3, -0.25) is 10.1 Å². The van der Waals surface area contributed by atoms with Gasteiger partial charge < -0.3 is 0 Å². The first-order valence-electron chi connectivity index (χ1n) is 8.81. The molecule has 4 aromatic rings.